The molecule has 0 bridgehead atoms. The fourth-order valence-electron chi connectivity index (χ4n) is 3.04. The third kappa shape index (κ3) is 3.82. The molecule has 25 heavy (non-hydrogen) atoms. The highest BCUT2D eigenvalue weighted by Crippen LogP contribution is 2.29. The summed E-state index contributed by atoms with van der Waals surface area (Å²) in [6, 6.07) is 8.33. The highest BCUT2D eigenvalue weighted by Gasteiger charge is 2.35. The molecule has 7 nitrogen and oxygen atoms in total. The van der Waals surface area contributed by atoms with Crippen molar-refractivity contribution in [1.82, 2.24) is 25.5 Å². The number of aryl methyl sites for hydroxylation is 2. The van der Waals surface area contributed by atoms with E-state index in [-0.39, 0.29) is 11.7 Å². The van der Waals surface area contributed by atoms with Gasteiger partial charge in [0.2, 0.25) is 11.1 Å². The van der Waals surface area contributed by atoms with Crippen LogP contribution in [0.5, 0.6) is 0 Å². The third-order valence-corrected chi connectivity index (χ3v) is 5.34. The maximum atomic E-state index is 12.3. The lowest BCUT2D eigenvalue weighted by Crippen LogP contribution is -2.45. The van der Waals surface area contributed by atoms with Gasteiger partial charge in [-0.2, -0.15) is 9.94 Å². The first-order valence-electron chi connectivity index (χ1n) is 8.24. The number of amides is 1. The Balaban J connectivity index is 1.69. The number of aromatic nitrogens is 4. The first-order chi connectivity index (χ1) is 12.0. The van der Waals surface area contributed by atoms with Crippen molar-refractivity contribution in [3.8, 4) is 11.8 Å². The second-order valence-electron chi connectivity index (χ2n) is 6.40. The normalized spacial score (nSPS) is 15.7. The van der Waals surface area contributed by atoms with Crippen LogP contribution < -0.4 is 5.32 Å². The van der Waals surface area contributed by atoms with Gasteiger partial charge in [-0.3, -0.25) is 4.79 Å². The fraction of sp³-hybridized carbons (Fsp3) is 0.471. The molecule has 1 amide bonds. The Morgan fingerprint density at radius 2 is 2.16 bits per heavy atom. The summed E-state index contributed by atoms with van der Waals surface area (Å²) in [5.41, 5.74) is 2.37. The van der Waals surface area contributed by atoms with Gasteiger partial charge in [0.1, 0.15) is 5.54 Å². The van der Waals surface area contributed by atoms with Crippen LogP contribution in [0.1, 0.15) is 36.8 Å². The molecule has 0 aliphatic heterocycles. The van der Waals surface area contributed by atoms with Crippen LogP contribution in [0.2, 0.25) is 0 Å². The second-order valence-corrected chi connectivity index (χ2v) is 7.34. The van der Waals surface area contributed by atoms with Gasteiger partial charge in [0.25, 0.3) is 0 Å². The van der Waals surface area contributed by atoms with Gasteiger partial charge in [-0.1, -0.05) is 23.9 Å². The van der Waals surface area contributed by atoms with Crippen molar-refractivity contribution in [3.63, 3.8) is 0 Å². The Hall–Kier alpha value is -2.40. The van der Waals surface area contributed by atoms with Crippen LogP contribution in [-0.4, -0.2) is 37.4 Å². The van der Waals surface area contributed by atoms with Crippen molar-refractivity contribution >= 4 is 17.7 Å². The first-order valence-corrected chi connectivity index (χ1v) is 9.23. The lowest BCUT2D eigenvalue weighted by Gasteiger charge is -2.21. The Morgan fingerprint density at radius 3 is 2.88 bits per heavy atom. The van der Waals surface area contributed by atoms with E-state index >= 15 is 0 Å². The molecule has 8 heteroatoms. The number of carbonyl (C=O) groups excluding carboxylic acids is 1. The summed E-state index contributed by atoms with van der Waals surface area (Å²) in [6.07, 6.45) is 3.40. The first kappa shape index (κ1) is 17.4. The summed E-state index contributed by atoms with van der Waals surface area (Å²) in [4.78, 5) is 12.3. The van der Waals surface area contributed by atoms with Gasteiger partial charge >= 0.3 is 0 Å². The molecule has 3 rings (SSSR count). The summed E-state index contributed by atoms with van der Waals surface area (Å²) in [5.74, 6) is 0.0123. The van der Waals surface area contributed by atoms with E-state index < -0.39 is 5.54 Å². The molecule has 1 aliphatic rings. The SMILES string of the molecule is Cc1ccc(C)c(-n2nnnc2SCC(=O)NC2(C#N)CCCC2)c1. The molecule has 130 valence electrons. The van der Waals surface area contributed by atoms with Gasteiger partial charge in [-0.25, -0.2) is 0 Å². The van der Waals surface area contributed by atoms with E-state index in [0.717, 1.165) is 42.5 Å². The van der Waals surface area contributed by atoms with Crippen LogP contribution in [-0.2, 0) is 4.79 Å². The number of hydrogen-bond donors (Lipinski definition) is 1. The van der Waals surface area contributed by atoms with Crippen LogP contribution in [0.3, 0.4) is 0 Å². The summed E-state index contributed by atoms with van der Waals surface area (Å²) >= 11 is 1.27. The van der Waals surface area contributed by atoms with E-state index in [2.05, 4.69) is 26.9 Å². The number of tetrazole rings is 1. The predicted molar refractivity (Wildman–Crippen MR) is 94.3 cm³/mol. The molecule has 0 spiro atoms. The molecule has 0 atom stereocenters. The maximum Gasteiger partial charge on any atom is 0.231 e. The van der Waals surface area contributed by atoms with Crippen LogP contribution in [0.25, 0.3) is 5.69 Å². The predicted octanol–water partition coefficient (Wildman–Crippen LogP) is 2.32. The van der Waals surface area contributed by atoms with E-state index in [9.17, 15) is 10.1 Å². The zero-order valence-electron chi connectivity index (χ0n) is 14.3. The summed E-state index contributed by atoms with van der Waals surface area (Å²) in [5, 5.41) is 24.6. The molecule has 1 heterocycles. The molecule has 2 aromatic rings. The van der Waals surface area contributed by atoms with Gasteiger partial charge in [-0.15, -0.1) is 5.10 Å². The van der Waals surface area contributed by atoms with E-state index in [0.29, 0.717) is 5.16 Å². The molecule has 0 saturated heterocycles. The zero-order valence-corrected chi connectivity index (χ0v) is 15.1. The third-order valence-electron chi connectivity index (χ3n) is 4.42. The van der Waals surface area contributed by atoms with Gasteiger partial charge in [0.15, 0.2) is 0 Å². The van der Waals surface area contributed by atoms with Crippen molar-refractivity contribution in [2.24, 2.45) is 0 Å². The number of hydrogen-bond acceptors (Lipinski definition) is 6. The van der Waals surface area contributed by atoms with Gasteiger partial charge < -0.3 is 5.32 Å². The number of carbonyl (C=O) groups is 1. The van der Waals surface area contributed by atoms with Crippen LogP contribution in [0, 0.1) is 25.2 Å². The van der Waals surface area contributed by atoms with E-state index in [1.54, 1.807) is 4.68 Å². The molecule has 1 aromatic heterocycles. The molecule has 1 aromatic carbocycles. The number of thioether (sulfide) groups is 1. The molecular weight excluding hydrogens is 336 g/mol. The van der Waals surface area contributed by atoms with Crippen molar-refractivity contribution in [3.05, 3.63) is 29.3 Å². The summed E-state index contributed by atoms with van der Waals surface area (Å²) in [7, 11) is 0. The average Bonchev–Trinajstić information content (AvgIpc) is 3.25. The Morgan fingerprint density at radius 1 is 1.40 bits per heavy atom. The topological polar surface area (TPSA) is 96.5 Å². The minimum atomic E-state index is -0.698. The zero-order chi connectivity index (χ0) is 17.9. The molecule has 1 fully saturated rings. The van der Waals surface area contributed by atoms with Crippen molar-refractivity contribution in [1.29, 1.82) is 5.26 Å². The van der Waals surface area contributed by atoms with Crippen LogP contribution >= 0.6 is 11.8 Å². The van der Waals surface area contributed by atoms with E-state index in [4.69, 9.17) is 0 Å². The smallest absolute Gasteiger partial charge is 0.231 e. The summed E-state index contributed by atoms with van der Waals surface area (Å²) in [6.45, 7) is 4.00. The van der Waals surface area contributed by atoms with Crippen LogP contribution in [0.15, 0.2) is 23.4 Å². The fourth-order valence-corrected chi connectivity index (χ4v) is 3.73. The standard InChI is InChI=1S/C17H20N6OS/c1-12-5-6-13(2)14(9-12)23-16(20-21-22-23)25-10-15(24)19-17(11-18)7-3-4-8-17/h5-6,9H,3-4,7-8,10H2,1-2H3,(H,19,24). The van der Waals surface area contributed by atoms with Crippen LogP contribution in [0.4, 0.5) is 0 Å². The average molecular weight is 356 g/mol. The molecule has 1 aliphatic carbocycles. The summed E-state index contributed by atoms with van der Waals surface area (Å²) < 4.78 is 1.65. The number of nitriles is 1. The Labute approximate surface area is 150 Å². The largest absolute Gasteiger partial charge is 0.337 e. The molecule has 1 N–H and O–H groups in total. The number of benzene rings is 1. The lowest BCUT2D eigenvalue weighted by atomic mass is 10.0. The molecule has 1 saturated carbocycles. The quantitative estimate of drug-likeness (QED) is 0.826. The van der Waals surface area contributed by atoms with Gasteiger partial charge in [0.05, 0.1) is 17.5 Å². The highest BCUT2D eigenvalue weighted by atomic mass is 32.2. The number of nitrogens with zero attached hydrogens (tertiary/aromatic N) is 5. The highest BCUT2D eigenvalue weighted by molar-refractivity contribution is 7.99. The minimum absolute atomic E-state index is 0.163. The van der Waals surface area contributed by atoms with E-state index in [1.807, 2.05) is 32.0 Å². The monoisotopic (exact) mass is 356 g/mol. The second kappa shape index (κ2) is 7.23. The van der Waals surface area contributed by atoms with Crippen molar-refractivity contribution in [2.75, 3.05) is 5.75 Å². The number of rotatable bonds is 5. The minimum Gasteiger partial charge on any atom is -0.337 e. The lowest BCUT2D eigenvalue weighted by molar-refractivity contribution is -0.119. The van der Waals surface area contributed by atoms with Crippen molar-refractivity contribution < 1.29 is 4.79 Å². The van der Waals surface area contributed by atoms with E-state index in [1.165, 1.54) is 11.8 Å². The molecule has 0 unspecified atom stereocenters. The molecular formula is C17H20N6OS. The Kier molecular flexibility index (Phi) is 5.04. The van der Waals surface area contributed by atoms with Crippen molar-refractivity contribution in [2.45, 2.75) is 50.2 Å². The van der Waals surface area contributed by atoms with Gasteiger partial charge in [0, 0.05) is 0 Å². The Bertz CT molecular complexity index is 819. The number of nitrogens with one attached hydrogen (secondary N) is 1. The molecule has 0 radical (unpaired) electrons. The van der Waals surface area contributed by atoms with Gasteiger partial charge in [-0.05, 0) is 67.2 Å². The maximum absolute atomic E-state index is 12.3.